The van der Waals surface area contributed by atoms with Crippen LogP contribution in [0.1, 0.15) is 33.6 Å². The number of hydrogen-bond donors (Lipinski definition) is 2. The van der Waals surface area contributed by atoms with Gasteiger partial charge in [0, 0.05) is 12.6 Å². The van der Waals surface area contributed by atoms with Crippen molar-refractivity contribution in [3.8, 4) is 0 Å². The van der Waals surface area contributed by atoms with Crippen LogP contribution >= 0.6 is 0 Å². The third-order valence-corrected chi connectivity index (χ3v) is 3.90. The number of nitrogens with one attached hydrogen (secondary N) is 2. The molecule has 1 aromatic rings. The van der Waals surface area contributed by atoms with Gasteiger partial charge in [-0.15, -0.1) is 0 Å². The lowest BCUT2D eigenvalue weighted by atomic mass is 10.2. The number of hydrogen-bond acceptors (Lipinski definition) is 5. The van der Waals surface area contributed by atoms with E-state index in [0.717, 1.165) is 12.8 Å². The van der Waals surface area contributed by atoms with E-state index in [1.54, 1.807) is 0 Å². The van der Waals surface area contributed by atoms with Crippen LogP contribution in [-0.2, 0) is 10.0 Å². The summed E-state index contributed by atoms with van der Waals surface area (Å²) >= 11 is 0. The van der Waals surface area contributed by atoms with Crippen molar-refractivity contribution in [3.05, 3.63) is 12.4 Å². The average molecular weight is 272 g/mol. The topological polar surface area (TPSA) is 84.0 Å². The Hall–Kier alpha value is -1.21. The van der Waals surface area contributed by atoms with Crippen molar-refractivity contribution in [1.82, 2.24) is 14.7 Å². The molecule has 0 radical (unpaired) electrons. The maximum atomic E-state index is 12.0. The summed E-state index contributed by atoms with van der Waals surface area (Å²) in [6, 6.07) is -0.0894. The van der Waals surface area contributed by atoms with Gasteiger partial charge in [0.1, 0.15) is 4.90 Å². The largest absolute Gasteiger partial charge is 0.355 e. The lowest BCUT2D eigenvalue weighted by molar-refractivity contribution is 0.543. The van der Waals surface area contributed by atoms with Crippen LogP contribution in [0.4, 0.5) is 5.95 Å². The van der Waals surface area contributed by atoms with Crippen LogP contribution in [0.3, 0.4) is 0 Å². The number of rotatable bonds is 7. The molecule has 0 spiro atoms. The fourth-order valence-corrected chi connectivity index (χ4v) is 2.70. The van der Waals surface area contributed by atoms with Crippen molar-refractivity contribution >= 4 is 16.0 Å². The van der Waals surface area contributed by atoms with Crippen LogP contribution in [0.15, 0.2) is 17.3 Å². The second-order valence-corrected chi connectivity index (χ2v) is 5.80. The fraction of sp³-hybridized carbons (Fsp3) is 0.636. The maximum absolute atomic E-state index is 12.0. The summed E-state index contributed by atoms with van der Waals surface area (Å²) in [7, 11) is -3.52. The first-order valence-corrected chi connectivity index (χ1v) is 7.56. The minimum Gasteiger partial charge on any atom is -0.355 e. The first-order valence-electron chi connectivity index (χ1n) is 6.07. The first kappa shape index (κ1) is 14.8. The Bertz CT molecular complexity index is 458. The zero-order valence-electron chi connectivity index (χ0n) is 11.0. The highest BCUT2D eigenvalue weighted by Crippen LogP contribution is 2.09. The highest BCUT2D eigenvalue weighted by atomic mass is 32.2. The molecule has 1 heterocycles. The van der Waals surface area contributed by atoms with Crippen molar-refractivity contribution in [2.75, 3.05) is 11.9 Å². The standard InChI is InChI=1S/C11H20N4O2S/c1-4-6-9(3)15-18(16,17)10-7-13-11(12-5-2)14-8-10/h7-9,15H,4-6H2,1-3H3,(H,12,13,14). The van der Waals surface area contributed by atoms with Crippen LogP contribution in [0, 0.1) is 0 Å². The molecule has 7 heteroatoms. The highest BCUT2D eigenvalue weighted by Gasteiger charge is 2.17. The van der Waals surface area contributed by atoms with E-state index in [9.17, 15) is 8.42 Å². The molecule has 0 fully saturated rings. The average Bonchev–Trinajstić information content (AvgIpc) is 2.29. The molecule has 0 aliphatic carbocycles. The van der Waals surface area contributed by atoms with Gasteiger partial charge in [-0.05, 0) is 20.3 Å². The zero-order valence-corrected chi connectivity index (χ0v) is 11.8. The molecule has 6 nitrogen and oxygen atoms in total. The molecule has 0 amide bonds. The normalized spacial score (nSPS) is 13.3. The van der Waals surface area contributed by atoms with E-state index < -0.39 is 10.0 Å². The van der Waals surface area contributed by atoms with Crippen molar-refractivity contribution in [2.24, 2.45) is 0 Å². The molecule has 0 aliphatic heterocycles. The lowest BCUT2D eigenvalue weighted by Gasteiger charge is -2.12. The molecule has 0 bridgehead atoms. The number of nitrogens with zero attached hydrogens (tertiary/aromatic N) is 2. The maximum Gasteiger partial charge on any atom is 0.243 e. The number of sulfonamides is 1. The molecule has 0 saturated heterocycles. The summed E-state index contributed by atoms with van der Waals surface area (Å²) in [6.45, 7) is 6.47. The molecule has 1 unspecified atom stereocenters. The van der Waals surface area contributed by atoms with Crippen molar-refractivity contribution < 1.29 is 8.42 Å². The molecular weight excluding hydrogens is 252 g/mol. The molecule has 102 valence electrons. The number of aromatic nitrogens is 2. The summed E-state index contributed by atoms with van der Waals surface area (Å²) in [5.41, 5.74) is 0. The Kier molecular flexibility index (Phi) is 5.49. The smallest absolute Gasteiger partial charge is 0.243 e. The van der Waals surface area contributed by atoms with Gasteiger partial charge in [-0.25, -0.2) is 23.1 Å². The van der Waals surface area contributed by atoms with Crippen molar-refractivity contribution in [3.63, 3.8) is 0 Å². The van der Waals surface area contributed by atoms with Gasteiger partial charge in [0.25, 0.3) is 0 Å². The summed E-state index contributed by atoms with van der Waals surface area (Å²) < 4.78 is 26.5. The quantitative estimate of drug-likeness (QED) is 0.783. The third-order valence-electron chi connectivity index (χ3n) is 2.35. The summed E-state index contributed by atoms with van der Waals surface area (Å²) in [6.07, 6.45) is 4.35. The Morgan fingerprint density at radius 1 is 1.28 bits per heavy atom. The summed E-state index contributed by atoms with van der Waals surface area (Å²) in [5.74, 6) is 0.429. The minimum atomic E-state index is -3.52. The van der Waals surface area contributed by atoms with Gasteiger partial charge in [0.05, 0.1) is 12.4 Å². The van der Waals surface area contributed by atoms with E-state index >= 15 is 0 Å². The van der Waals surface area contributed by atoms with E-state index in [-0.39, 0.29) is 10.9 Å². The molecule has 1 atom stereocenters. The monoisotopic (exact) mass is 272 g/mol. The Morgan fingerprint density at radius 2 is 1.89 bits per heavy atom. The van der Waals surface area contributed by atoms with E-state index in [2.05, 4.69) is 20.0 Å². The molecule has 1 rings (SSSR count). The fourth-order valence-electron chi connectivity index (χ4n) is 1.53. The Labute approximate surface area is 108 Å². The van der Waals surface area contributed by atoms with Gasteiger partial charge < -0.3 is 5.32 Å². The van der Waals surface area contributed by atoms with Gasteiger partial charge >= 0.3 is 0 Å². The van der Waals surface area contributed by atoms with Gasteiger partial charge in [0.2, 0.25) is 16.0 Å². The van der Waals surface area contributed by atoms with Gasteiger partial charge in [0.15, 0.2) is 0 Å². The molecule has 2 N–H and O–H groups in total. The van der Waals surface area contributed by atoms with Gasteiger partial charge in [-0.3, -0.25) is 0 Å². The zero-order chi connectivity index (χ0) is 13.6. The molecule has 1 aromatic heterocycles. The Balaban J connectivity index is 2.78. The summed E-state index contributed by atoms with van der Waals surface area (Å²) in [5, 5.41) is 2.91. The first-order chi connectivity index (χ1) is 8.49. The van der Waals surface area contributed by atoms with Crippen LogP contribution in [0.25, 0.3) is 0 Å². The van der Waals surface area contributed by atoms with Crippen LogP contribution in [0.2, 0.25) is 0 Å². The third kappa shape index (κ3) is 4.23. The van der Waals surface area contributed by atoms with Crippen LogP contribution in [-0.4, -0.2) is 31.0 Å². The molecule has 0 saturated carbocycles. The molecule has 0 aromatic carbocycles. The minimum absolute atomic E-state index is 0.0894. The number of anilines is 1. The van der Waals surface area contributed by atoms with E-state index in [4.69, 9.17) is 0 Å². The SMILES string of the molecule is CCCC(C)NS(=O)(=O)c1cnc(NCC)nc1. The highest BCUT2D eigenvalue weighted by molar-refractivity contribution is 7.89. The van der Waals surface area contributed by atoms with Crippen LogP contribution < -0.4 is 10.0 Å². The Morgan fingerprint density at radius 3 is 2.39 bits per heavy atom. The summed E-state index contributed by atoms with van der Waals surface area (Å²) in [4.78, 5) is 7.98. The van der Waals surface area contributed by atoms with E-state index in [1.165, 1.54) is 12.4 Å². The van der Waals surface area contributed by atoms with E-state index in [1.807, 2.05) is 20.8 Å². The second kappa shape index (κ2) is 6.65. The second-order valence-electron chi connectivity index (χ2n) is 4.08. The van der Waals surface area contributed by atoms with Gasteiger partial charge in [-0.1, -0.05) is 13.3 Å². The van der Waals surface area contributed by atoms with E-state index in [0.29, 0.717) is 12.5 Å². The van der Waals surface area contributed by atoms with Crippen molar-refractivity contribution in [1.29, 1.82) is 0 Å². The lowest BCUT2D eigenvalue weighted by Crippen LogP contribution is -2.32. The predicted molar refractivity (Wildman–Crippen MR) is 70.9 cm³/mol. The molecule has 0 aliphatic rings. The molecule has 18 heavy (non-hydrogen) atoms. The van der Waals surface area contributed by atoms with Gasteiger partial charge in [-0.2, -0.15) is 0 Å². The van der Waals surface area contributed by atoms with Crippen molar-refractivity contribution in [2.45, 2.75) is 44.6 Å². The molecular formula is C11H20N4O2S. The van der Waals surface area contributed by atoms with Crippen LogP contribution in [0.5, 0.6) is 0 Å². The predicted octanol–water partition coefficient (Wildman–Crippen LogP) is 1.38.